The highest BCUT2D eigenvalue weighted by Crippen LogP contribution is 2.52. The smallest absolute Gasteiger partial charge is 0.0547 e. The molecule has 2 aliphatic rings. The van der Waals surface area contributed by atoms with E-state index in [4.69, 9.17) is 0 Å². The van der Waals surface area contributed by atoms with Crippen molar-refractivity contribution in [2.24, 2.45) is 5.92 Å². The highest BCUT2D eigenvalue weighted by Gasteiger charge is 2.36. The third-order valence-corrected chi connectivity index (χ3v) is 14.2. The summed E-state index contributed by atoms with van der Waals surface area (Å²) in [5, 5.41) is 2.53. The number of benzene rings is 9. The number of rotatable bonds is 8. The van der Waals surface area contributed by atoms with Gasteiger partial charge in [-0.15, -0.1) is 0 Å². The van der Waals surface area contributed by atoms with E-state index < -0.39 is 0 Å². The molecule has 0 spiro atoms. The average molecular weight is 847 g/mol. The number of anilines is 3. The van der Waals surface area contributed by atoms with Crippen LogP contribution in [0.1, 0.15) is 38.3 Å². The molecule has 0 bridgehead atoms. The van der Waals surface area contributed by atoms with E-state index in [1.54, 1.807) is 0 Å². The van der Waals surface area contributed by atoms with Crippen molar-refractivity contribution in [3.8, 4) is 55.6 Å². The highest BCUT2D eigenvalue weighted by atomic mass is 15.1. The van der Waals surface area contributed by atoms with E-state index >= 15 is 0 Å². The SMILES string of the molecule is CC1C=CC(n2c3ccccc3c3c(-c4cccc(N(c5ccc6c(c5)C(C)(C)c5ccccc5-6)c5ccccc5-c5ccccc5-c5ccccc5-c5ccccc5)c4)cccc32)=CC1. The van der Waals surface area contributed by atoms with Crippen molar-refractivity contribution in [2.75, 3.05) is 4.90 Å². The maximum Gasteiger partial charge on any atom is 0.0547 e. The summed E-state index contributed by atoms with van der Waals surface area (Å²) < 4.78 is 2.46. The van der Waals surface area contributed by atoms with Gasteiger partial charge in [0.25, 0.3) is 0 Å². The maximum atomic E-state index is 2.50. The number of allylic oxidation sites excluding steroid dienone is 4. The van der Waals surface area contributed by atoms with Gasteiger partial charge in [0.2, 0.25) is 0 Å². The summed E-state index contributed by atoms with van der Waals surface area (Å²) >= 11 is 0. The van der Waals surface area contributed by atoms with E-state index in [9.17, 15) is 0 Å². The molecule has 2 aliphatic carbocycles. The Labute approximate surface area is 388 Å². The molecule has 1 heterocycles. The van der Waals surface area contributed by atoms with Gasteiger partial charge in [-0.25, -0.2) is 0 Å². The molecule has 0 aliphatic heterocycles. The first-order chi connectivity index (χ1) is 32.4. The summed E-state index contributed by atoms with van der Waals surface area (Å²) in [7, 11) is 0. The van der Waals surface area contributed by atoms with Gasteiger partial charge in [0.15, 0.2) is 0 Å². The average Bonchev–Trinajstić information content (AvgIpc) is 3.83. The molecular weight excluding hydrogens is 797 g/mol. The second kappa shape index (κ2) is 15.9. The largest absolute Gasteiger partial charge is 0.310 e. The van der Waals surface area contributed by atoms with Gasteiger partial charge in [-0.1, -0.05) is 203 Å². The number of nitrogens with zero attached hydrogens (tertiary/aromatic N) is 2. The van der Waals surface area contributed by atoms with Crippen LogP contribution in [0.5, 0.6) is 0 Å². The molecule has 1 atom stereocenters. The van der Waals surface area contributed by atoms with E-state index in [0.717, 1.165) is 29.0 Å². The van der Waals surface area contributed by atoms with Crippen LogP contribution in [0.4, 0.5) is 17.1 Å². The van der Waals surface area contributed by atoms with Crippen molar-refractivity contribution < 1.29 is 0 Å². The minimum absolute atomic E-state index is 0.159. The molecular formula is C64H50N2. The van der Waals surface area contributed by atoms with E-state index in [0.29, 0.717) is 5.92 Å². The summed E-state index contributed by atoms with van der Waals surface area (Å²) in [6, 6.07) is 78.5. The lowest BCUT2D eigenvalue weighted by Crippen LogP contribution is -2.17. The van der Waals surface area contributed by atoms with Gasteiger partial charge >= 0.3 is 0 Å². The van der Waals surface area contributed by atoms with Crippen LogP contribution < -0.4 is 4.90 Å². The molecule has 0 saturated carbocycles. The molecule has 12 rings (SSSR count). The Hall–Kier alpha value is -7.94. The zero-order valence-corrected chi connectivity index (χ0v) is 37.6. The number of hydrogen-bond donors (Lipinski definition) is 0. The van der Waals surface area contributed by atoms with Crippen LogP contribution in [0.15, 0.2) is 231 Å². The first kappa shape index (κ1) is 39.6. The molecule has 0 fully saturated rings. The Balaban J connectivity index is 1.07. The summed E-state index contributed by atoms with van der Waals surface area (Å²) in [4.78, 5) is 2.50. The fourth-order valence-corrected chi connectivity index (χ4v) is 10.9. The lowest BCUT2D eigenvalue weighted by molar-refractivity contribution is 0.660. The van der Waals surface area contributed by atoms with E-state index in [1.165, 1.54) is 88.7 Å². The van der Waals surface area contributed by atoms with E-state index in [1.807, 2.05) is 0 Å². The van der Waals surface area contributed by atoms with Crippen molar-refractivity contribution in [2.45, 2.75) is 32.6 Å². The van der Waals surface area contributed by atoms with Gasteiger partial charge < -0.3 is 9.47 Å². The van der Waals surface area contributed by atoms with Crippen LogP contribution in [0.25, 0.3) is 83.1 Å². The summed E-state index contributed by atoms with van der Waals surface area (Å²) in [5.41, 5.74) is 21.8. The molecule has 2 heteroatoms. The minimum Gasteiger partial charge on any atom is -0.310 e. The van der Waals surface area contributed by atoms with Gasteiger partial charge in [0.1, 0.15) is 0 Å². The van der Waals surface area contributed by atoms with Crippen LogP contribution in [0.3, 0.4) is 0 Å². The predicted molar refractivity (Wildman–Crippen MR) is 281 cm³/mol. The number of para-hydroxylation sites is 2. The zero-order valence-electron chi connectivity index (χ0n) is 37.6. The monoisotopic (exact) mass is 846 g/mol. The molecule has 1 unspecified atom stereocenters. The molecule has 2 nitrogen and oxygen atoms in total. The van der Waals surface area contributed by atoms with Crippen molar-refractivity contribution in [1.82, 2.24) is 4.57 Å². The summed E-state index contributed by atoms with van der Waals surface area (Å²) in [6.45, 7) is 7.03. The Morgan fingerprint density at radius 3 is 1.82 bits per heavy atom. The van der Waals surface area contributed by atoms with Crippen LogP contribution >= 0.6 is 0 Å². The van der Waals surface area contributed by atoms with Crippen molar-refractivity contribution in [3.63, 3.8) is 0 Å². The molecule has 0 radical (unpaired) electrons. The Morgan fingerprint density at radius 2 is 1.03 bits per heavy atom. The topological polar surface area (TPSA) is 8.17 Å². The van der Waals surface area contributed by atoms with E-state index in [2.05, 4.69) is 261 Å². The molecule has 0 amide bonds. The van der Waals surface area contributed by atoms with Crippen LogP contribution in [-0.2, 0) is 5.41 Å². The Morgan fingerprint density at radius 1 is 0.455 bits per heavy atom. The van der Waals surface area contributed by atoms with Crippen molar-refractivity contribution in [3.05, 3.63) is 242 Å². The molecule has 0 saturated heterocycles. The van der Waals surface area contributed by atoms with Gasteiger partial charge in [-0.3, -0.25) is 0 Å². The van der Waals surface area contributed by atoms with Gasteiger partial charge in [0, 0.05) is 38.8 Å². The van der Waals surface area contributed by atoms with Crippen LogP contribution in [0.2, 0.25) is 0 Å². The summed E-state index contributed by atoms with van der Waals surface area (Å²) in [5.74, 6) is 0.541. The minimum atomic E-state index is -0.159. The lowest BCUT2D eigenvalue weighted by atomic mass is 9.82. The van der Waals surface area contributed by atoms with Gasteiger partial charge in [-0.05, 0) is 122 Å². The first-order valence-corrected chi connectivity index (χ1v) is 23.3. The van der Waals surface area contributed by atoms with Gasteiger partial charge in [-0.2, -0.15) is 0 Å². The molecule has 9 aromatic carbocycles. The Kier molecular flexibility index (Phi) is 9.57. The molecule has 66 heavy (non-hydrogen) atoms. The fourth-order valence-electron chi connectivity index (χ4n) is 10.9. The maximum absolute atomic E-state index is 2.50. The number of fused-ring (bicyclic) bond motifs is 6. The second-order valence-corrected chi connectivity index (χ2v) is 18.5. The molecule has 10 aromatic rings. The fraction of sp³-hybridized carbons (Fsp3) is 0.0938. The Bertz CT molecular complexity index is 3560. The third-order valence-electron chi connectivity index (χ3n) is 14.2. The third kappa shape index (κ3) is 6.47. The van der Waals surface area contributed by atoms with Crippen LogP contribution in [-0.4, -0.2) is 4.57 Å². The highest BCUT2D eigenvalue weighted by molar-refractivity contribution is 6.16. The molecule has 316 valence electrons. The zero-order chi connectivity index (χ0) is 44.4. The standard InChI is InChI=1S/C64H50N2/c1-43-35-37-46(38-36-43)66-61-33-16-13-29-57(61)63-50(30-18-34-62(63)66)45-21-17-22-47(41-45)65(48-39-40-55-54-27-11-14-31-58(54)64(2,3)59(55)42-48)60-32-15-12-28-56(60)53-26-10-9-25-52(53)51-24-8-7-23-49(51)44-19-5-4-6-20-44/h4-35,37-43H,36H2,1-3H3. The van der Waals surface area contributed by atoms with E-state index in [-0.39, 0.29) is 5.41 Å². The van der Waals surface area contributed by atoms with Crippen molar-refractivity contribution in [1.29, 1.82) is 0 Å². The van der Waals surface area contributed by atoms with Gasteiger partial charge in [0.05, 0.1) is 16.7 Å². The lowest BCUT2D eigenvalue weighted by Gasteiger charge is -2.30. The molecule has 0 N–H and O–H groups in total. The second-order valence-electron chi connectivity index (χ2n) is 18.5. The summed E-state index contributed by atoms with van der Waals surface area (Å²) in [6.07, 6.45) is 8.08. The molecule has 1 aromatic heterocycles. The first-order valence-electron chi connectivity index (χ1n) is 23.3. The normalized spacial score (nSPS) is 14.8. The predicted octanol–water partition coefficient (Wildman–Crippen LogP) is 17.7. The van der Waals surface area contributed by atoms with Crippen molar-refractivity contribution >= 4 is 44.6 Å². The quantitative estimate of drug-likeness (QED) is 0.148. The van der Waals surface area contributed by atoms with Crippen LogP contribution in [0, 0.1) is 5.92 Å². The number of hydrogen-bond acceptors (Lipinski definition) is 1. The number of aromatic nitrogens is 1.